The first-order chi connectivity index (χ1) is 22.9. The fourth-order valence-electron chi connectivity index (χ4n) is 12.3. The molecule has 5 aliphatic carbocycles. The van der Waals surface area contributed by atoms with E-state index in [1.807, 2.05) is 37.3 Å². The number of fused-ring (bicyclic) bond motifs is 7. The summed E-state index contributed by atoms with van der Waals surface area (Å²) in [6.07, 6.45) is 11.5. The second kappa shape index (κ2) is 12.3. The summed E-state index contributed by atoms with van der Waals surface area (Å²) in [5.74, 6) is 0.696. The minimum atomic E-state index is -0.577. The molecule has 1 amide bonds. The molecule has 6 rings (SSSR count). The number of rotatable bonds is 7. The van der Waals surface area contributed by atoms with Crippen LogP contribution in [0.2, 0.25) is 0 Å². The van der Waals surface area contributed by atoms with Crippen LogP contribution in [-0.2, 0) is 25.7 Å². The molecule has 0 bridgehead atoms. The van der Waals surface area contributed by atoms with E-state index >= 15 is 0 Å². The van der Waals surface area contributed by atoms with Crippen molar-refractivity contribution in [3.8, 4) is 0 Å². The van der Waals surface area contributed by atoms with Crippen LogP contribution in [0.25, 0.3) is 0 Å². The number of carbonyl (C=O) groups is 3. The molecule has 270 valence electrons. The number of hydrogen-bond acceptors (Lipinski definition) is 5. The zero-order valence-electron chi connectivity index (χ0n) is 31.9. The van der Waals surface area contributed by atoms with Gasteiger partial charge in [-0.3, -0.25) is 14.4 Å². The second-order valence-electron chi connectivity index (χ2n) is 19.1. The van der Waals surface area contributed by atoms with Crippen LogP contribution < -0.4 is 11.1 Å². The van der Waals surface area contributed by atoms with Crippen LogP contribution in [-0.4, -0.2) is 29.7 Å². The highest BCUT2D eigenvalue weighted by Gasteiger charge is 2.70. The van der Waals surface area contributed by atoms with Crippen LogP contribution in [0.5, 0.6) is 0 Å². The number of nitrogens with two attached hydrogens (primary N) is 1. The van der Waals surface area contributed by atoms with E-state index in [4.69, 9.17) is 10.5 Å². The van der Waals surface area contributed by atoms with Crippen LogP contribution in [0.1, 0.15) is 132 Å². The fourth-order valence-corrected chi connectivity index (χ4v) is 12.3. The van der Waals surface area contributed by atoms with Gasteiger partial charge in [0.15, 0.2) is 5.78 Å². The SMILES string of the molecule is CC[C@H](C)[C@H](N)C(=O)N[C@H]1CC[C@]2(C)[C@H]3C(=O)C=C4[C@@H]5C[C@@](C)(C(=O)OCc6ccccc6)CC[C@]5(C)CC[C@@]4(C)[C@]3(C)CC[C@H]2C1(C)C. The number of ketones is 1. The van der Waals surface area contributed by atoms with Crippen molar-refractivity contribution in [2.24, 2.45) is 61.9 Å². The van der Waals surface area contributed by atoms with Crippen LogP contribution in [0.3, 0.4) is 0 Å². The Balaban J connectivity index is 1.28. The van der Waals surface area contributed by atoms with Gasteiger partial charge >= 0.3 is 5.97 Å². The number of nitrogens with one attached hydrogen (secondary N) is 1. The minimum Gasteiger partial charge on any atom is -0.460 e. The van der Waals surface area contributed by atoms with Crippen LogP contribution in [0.4, 0.5) is 0 Å². The third-order valence-electron chi connectivity index (χ3n) is 16.2. The molecule has 5 aliphatic rings. The lowest BCUT2D eigenvalue weighted by Crippen LogP contribution is -2.68. The first kappa shape index (κ1) is 36.3. The summed E-state index contributed by atoms with van der Waals surface area (Å²) in [5.41, 5.74) is 7.57. The maximum Gasteiger partial charge on any atom is 0.312 e. The fraction of sp³-hybridized carbons (Fsp3) is 0.744. The van der Waals surface area contributed by atoms with Crippen molar-refractivity contribution < 1.29 is 19.1 Å². The van der Waals surface area contributed by atoms with Gasteiger partial charge < -0.3 is 15.8 Å². The van der Waals surface area contributed by atoms with Crippen molar-refractivity contribution in [1.29, 1.82) is 0 Å². The third kappa shape index (κ3) is 5.56. The molecule has 0 spiro atoms. The summed E-state index contributed by atoms with van der Waals surface area (Å²) in [4.78, 5) is 41.9. The molecule has 6 heteroatoms. The van der Waals surface area contributed by atoms with Gasteiger partial charge in [0.25, 0.3) is 0 Å². The number of hydrogen-bond donors (Lipinski definition) is 2. The molecule has 0 aliphatic heterocycles. The highest BCUT2D eigenvalue weighted by atomic mass is 16.5. The van der Waals surface area contributed by atoms with Gasteiger partial charge in [0.05, 0.1) is 11.5 Å². The smallest absolute Gasteiger partial charge is 0.312 e. The first-order valence-electron chi connectivity index (χ1n) is 19.4. The molecule has 4 saturated carbocycles. The molecule has 4 fully saturated rings. The summed E-state index contributed by atoms with van der Waals surface area (Å²) in [7, 11) is 0. The van der Waals surface area contributed by atoms with Gasteiger partial charge in [-0.15, -0.1) is 0 Å². The average Bonchev–Trinajstić information content (AvgIpc) is 3.06. The normalized spacial score (nSPS) is 42.2. The standard InChI is InChI=1S/C43H64N2O4/c1-10-27(2)34(44)36(47)45-33-17-18-41(7)32(38(33,3)4)16-19-43(9)35(41)31(46)24-29-30-25-40(6,21-20-39(30,5)22-23-42(29,43)8)37(48)49-26-28-14-12-11-13-15-28/h11-15,24,27,30,32-35H,10,16-23,25-26,44H2,1-9H3,(H,45,47)/t27-,30-,32-,33-,34-,35+,39+,40-,41-,42+,43+/m0/s1. The third-order valence-corrected chi connectivity index (χ3v) is 16.2. The number of esters is 1. The maximum atomic E-state index is 14.8. The first-order valence-corrected chi connectivity index (χ1v) is 19.4. The van der Waals surface area contributed by atoms with E-state index in [1.165, 1.54) is 5.57 Å². The molecule has 11 atom stereocenters. The van der Waals surface area contributed by atoms with E-state index < -0.39 is 11.5 Å². The molecular formula is C43H64N2O4. The summed E-state index contributed by atoms with van der Waals surface area (Å²) < 4.78 is 5.97. The van der Waals surface area contributed by atoms with Crippen molar-refractivity contribution in [3.05, 3.63) is 47.5 Å². The Bertz CT molecular complexity index is 1500. The van der Waals surface area contributed by atoms with Crippen molar-refractivity contribution in [1.82, 2.24) is 5.32 Å². The molecule has 0 radical (unpaired) electrons. The van der Waals surface area contributed by atoms with Crippen LogP contribution >= 0.6 is 0 Å². The average molecular weight is 673 g/mol. The van der Waals surface area contributed by atoms with E-state index in [2.05, 4.69) is 66.8 Å². The Hall–Kier alpha value is -2.47. The van der Waals surface area contributed by atoms with Crippen molar-refractivity contribution in [2.75, 3.05) is 0 Å². The van der Waals surface area contributed by atoms with Crippen LogP contribution in [0, 0.1) is 56.2 Å². The van der Waals surface area contributed by atoms with Crippen molar-refractivity contribution in [3.63, 3.8) is 0 Å². The molecule has 6 nitrogen and oxygen atoms in total. The number of benzene rings is 1. The van der Waals surface area contributed by atoms with Gasteiger partial charge in [-0.25, -0.2) is 0 Å². The van der Waals surface area contributed by atoms with E-state index in [-0.39, 0.29) is 62.7 Å². The van der Waals surface area contributed by atoms with E-state index in [1.54, 1.807) is 0 Å². The summed E-state index contributed by atoms with van der Waals surface area (Å²) in [6, 6.07) is 9.46. The molecule has 1 aromatic carbocycles. The van der Waals surface area contributed by atoms with Gasteiger partial charge in [0, 0.05) is 12.0 Å². The molecule has 0 saturated heterocycles. The van der Waals surface area contributed by atoms with E-state index in [9.17, 15) is 14.4 Å². The molecule has 49 heavy (non-hydrogen) atoms. The maximum absolute atomic E-state index is 14.8. The Labute approximate surface area is 296 Å². The molecule has 0 aromatic heterocycles. The topological polar surface area (TPSA) is 98.5 Å². The Morgan fingerprint density at radius 1 is 0.939 bits per heavy atom. The zero-order chi connectivity index (χ0) is 35.8. The number of amides is 1. The predicted molar refractivity (Wildman–Crippen MR) is 195 cm³/mol. The number of carbonyl (C=O) groups excluding carboxylic acids is 3. The van der Waals surface area contributed by atoms with Gasteiger partial charge in [-0.1, -0.05) is 97.7 Å². The molecular weight excluding hydrogens is 608 g/mol. The molecule has 0 heterocycles. The Morgan fingerprint density at radius 2 is 1.61 bits per heavy atom. The lowest BCUT2D eigenvalue weighted by molar-refractivity contribution is -0.190. The monoisotopic (exact) mass is 672 g/mol. The van der Waals surface area contributed by atoms with Gasteiger partial charge in [0.2, 0.25) is 5.91 Å². The van der Waals surface area contributed by atoms with Crippen molar-refractivity contribution >= 4 is 17.7 Å². The number of ether oxygens (including phenoxy) is 1. The zero-order valence-corrected chi connectivity index (χ0v) is 31.9. The minimum absolute atomic E-state index is 0.0369. The highest BCUT2D eigenvalue weighted by molar-refractivity contribution is 5.95. The lowest BCUT2D eigenvalue weighted by atomic mass is 9.33. The Kier molecular flexibility index (Phi) is 9.15. The van der Waals surface area contributed by atoms with Gasteiger partial charge in [0.1, 0.15) is 6.61 Å². The summed E-state index contributed by atoms with van der Waals surface area (Å²) >= 11 is 0. The van der Waals surface area contributed by atoms with Gasteiger partial charge in [-0.2, -0.15) is 0 Å². The highest BCUT2D eigenvalue weighted by Crippen LogP contribution is 2.75. The Morgan fingerprint density at radius 3 is 2.29 bits per heavy atom. The van der Waals surface area contributed by atoms with Crippen LogP contribution in [0.15, 0.2) is 42.0 Å². The van der Waals surface area contributed by atoms with E-state index in [0.29, 0.717) is 18.3 Å². The molecule has 0 unspecified atom stereocenters. The second-order valence-corrected chi connectivity index (χ2v) is 19.1. The summed E-state index contributed by atoms with van der Waals surface area (Å²) in [5, 5.41) is 3.39. The predicted octanol–water partition coefficient (Wildman–Crippen LogP) is 8.57. The molecule has 3 N–H and O–H groups in total. The summed E-state index contributed by atoms with van der Waals surface area (Å²) in [6.45, 7) is 20.9. The number of allylic oxidation sites excluding steroid dienone is 2. The largest absolute Gasteiger partial charge is 0.460 e. The van der Waals surface area contributed by atoms with Crippen molar-refractivity contribution in [2.45, 2.75) is 145 Å². The van der Waals surface area contributed by atoms with Gasteiger partial charge in [-0.05, 0) is 121 Å². The molecule has 1 aromatic rings. The van der Waals surface area contributed by atoms with E-state index in [0.717, 1.165) is 69.8 Å². The quantitative estimate of drug-likeness (QED) is 0.283. The lowest BCUT2D eigenvalue weighted by Gasteiger charge is -2.70.